The first-order valence-electron chi connectivity index (χ1n) is 10.1. The Balaban J connectivity index is 3.84. The Bertz CT molecular complexity index is 259. The molecule has 136 valence electrons. The van der Waals surface area contributed by atoms with Gasteiger partial charge in [-0.05, 0) is 37.4 Å². The summed E-state index contributed by atoms with van der Waals surface area (Å²) in [5, 5.41) is 0. The zero-order chi connectivity index (χ0) is 17.2. The fourth-order valence-electron chi connectivity index (χ4n) is 2.94. The molecule has 0 rings (SSSR count). The number of carbonyl (C=O) groups is 1. The molecule has 0 spiro atoms. The molecule has 0 amide bonds. The van der Waals surface area contributed by atoms with Crippen LogP contribution >= 0.6 is 7.92 Å². The minimum atomic E-state index is 0.0835. The summed E-state index contributed by atoms with van der Waals surface area (Å²) < 4.78 is 0. The Kier molecular flexibility index (Phi) is 18.1. The summed E-state index contributed by atoms with van der Waals surface area (Å²) in [4.78, 5) is 11.5. The van der Waals surface area contributed by atoms with Gasteiger partial charge >= 0.3 is 0 Å². The molecular weight excluding hydrogens is 299 g/mol. The Morgan fingerprint density at radius 2 is 1.17 bits per heavy atom. The van der Waals surface area contributed by atoms with Crippen LogP contribution in [0.25, 0.3) is 0 Å². The molecule has 0 aliphatic carbocycles. The topological polar surface area (TPSA) is 17.1 Å². The van der Waals surface area contributed by atoms with E-state index in [-0.39, 0.29) is 13.7 Å². The minimum absolute atomic E-state index is 0.0835. The average Bonchev–Trinajstić information content (AvgIpc) is 2.57. The smallest absolute Gasteiger partial charge is 0.155 e. The summed E-state index contributed by atoms with van der Waals surface area (Å²) >= 11 is 0. The number of hydrogen-bond donors (Lipinski definition) is 0. The lowest BCUT2D eigenvalue weighted by Crippen LogP contribution is -2.01. The van der Waals surface area contributed by atoms with Gasteiger partial charge in [0.05, 0.1) is 0 Å². The first-order valence-corrected chi connectivity index (χ1v) is 12.0. The SMILES string of the molecule is C=CC(=O)CCP(CCCCCCCC)CCCCCCCC. The molecule has 0 radical (unpaired) electrons. The fourth-order valence-corrected chi connectivity index (χ4v) is 5.49. The third kappa shape index (κ3) is 16.5. The maximum absolute atomic E-state index is 11.5. The van der Waals surface area contributed by atoms with Crippen LogP contribution in [0.3, 0.4) is 0 Å². The highest BCUT2D eigenvalue weighted by Crippen LogP contribution is 2.39. The van der Waals surface area contributed by atoms with E-state index in [1.807, 2.05) is 0 Å². The van der Waals surface area contributed by atoms with E-state index in [1.165, 1.54) is 95.4 Å². The van der Waals surface area contributed by atoms with Gasteiger partial charge in [0.2, 0.25) is 0 Å². The average molecular weight is 341 g/mol. The van der Waals surface area contributed by atoms with E-state index in [9.17, 15) is 4.79 Å². The van der Waals surface area contributed by atoms with E-state index in [0.29, 0.717) is 0 Å². The van der Waals surface area contributed by atoms with Crippen molar-refractivity contribution in [1.82, 2.24) is 0 Å². The van der Waals surface area contributed by atoms with Crippen molar-refractivity contribution in [2.24, 2.45) is 0 Å². The second-order valence-electron chi connectivity index (χ2n) is 6.80. The van der Waals surface area contributed by atoms with E-state index >= 15 is 0 Å². The molecule has 0 aromatic rings. The van der Waals surface area contributed by atoms with Gasteiger partial charge in [0.1, 0.15) is 0 Å². The predicted octanol–water partition coefficient (Wildman–Crippen LogP) is 7.33. The number of allylic oxidation sites excluding steroid dienone is 1. The predicted molar refractivity (Wildman–Crippen MR) is 108 cm³/mol. The minimum Gasteiger partial charge on any atom is -0.295 e. The van der Waals surface area contributed by atoms with Crippen LogP contribution in [0.5, 0.6) is 0 Å². The molecule has 0 N–H and O–H groups in total. The fraction of sp³-hybridized carbons (Fsp3) is 0.857. The molecule has 0 aromatic heterocycles. The summed E-state index contributed by atoms with van der Waals surface area (Å²) in [6, 6.07) is 0. The lowest BCUT2D eigenvalue weighted by molar-refractivity contribution is -0.114. The summed E-state index contributed by atoms with van der Waals surface area (Å²) in [5.41, 5.74) is 0. The molecule has 0 aromatic carbocycles. The van der Waals surface area contributed by atoms with Gasteiger partial charge in [-0.15, -0.1) is 7.92 Å². The van der Waals surface area contributed by atoms with Crippen LogP contribution in [0.15, 0.2) is 12.7 Å². The van der Waals surface area contributed by atoms with E-state index in [1.54, 1.807) is 0 Å². The molecule has 0 saturated carbocycles. The van der Waals surface area contributed by atoms with Crippen LogP contribution in [0.4, 0.5) is 0 Å². The first kappa shape index (κ1) is 22.8. The largest absolute Gasteiger partial charge is 0.295 e. The molecule has 0 saturated heterocycles. The van der Waals surface area contributed by atoms with Gasteiger partial charge in [-0.1, -0.05) is 84.6 Å². The van der Waals surface area contributed by atoms with Crippen molar-refractivity contribution in [2.75, 3.05) is 18.5 Å². The number of carbonyl (C=O) groups excluding carboxylic acids is 1. The van der Waals surface area contributed by atoms with Crippen molar-refractivity contribution in [3.63, 3.8) is 0 Å². The van der Waals surface area contributed by atoms with Gasteiger partial charge in [0.15, 0.2) is 5.78 Å². The van der Waals surface area contributed by atoms with Crippen molar-refractivity contribution in [2.45, 2.75) is 97.3 Å². The number of hydrogen-bond acceptors (Lipinski definition) is 1. The third-order valence-corrected chi connectivity index (χ3v) is 7.31. The molecule has 2 heteroatoms. The van der Waals surface area contributed by atoms with Gasteiger partial charge < -0.3 is 0 Å². The molecule has 0 unspecified atom stereocenters. The third-order valence-electron chi connectivity index (χ3n) is 4.56. The molecule has 0 atom stereocenters. The zero-order valence-corrected chi connectivity index (χ0v) is 16.8. The Morgan fingerprint density at radius 1 is 0.739 bits per heavy atom. The maximum atomic E-state index is 11.5. The number of rotatable bonds is 18. The van der Waals surface area contributed by atoms with Crippen LogP contribution in [-0.4, -0.2) is 24.3 Å². The van der Waals surface area contributed by atoms with E-state index in [2.05, 4.69) is 20.4 Å². The highest BCUT2D eigenvalue weighted by molar-refractivity contribution is 7.57. The van der Waals surface area contributed by atoms with Gasteiger partial charge in [0, 0.05) is 6.42 Å². The van der Waals surface area contributed by atoms with Crippen LogP contribution < -0.4 is 0 Å². The summed E-state index contributed by atoms with van der Waals surface area (Å²) in [7, 11) is 0.0835. The van der Waals surface area contributed by atoms with Crippen LogP contribution in [-0.2, 0) is 4.79 Å². The second kappa shape index (κ2) is 18.2. The highest BCUT2D eigenvalue weighted by Gasteiger charge is 2.09. The molecule has 1 nitrogen and oxygen atoms in total. The standard InChI is InChI=1S/C21H41OP/c1-4-7-9-11-13-15-18-23(20-17-21(22)6-3)19-16-14-12-10-8-5-2/h6H,3-5,7-20H2,1-2H3. The number of unbranched alkanes of at least 4 members (excludes halogenated alkanes) is 10. The van der Waals surface area contributed by atoms with Crippen molar-refractivity contribution >= 4 is 13.7 Å². The van der Waals surface area contributed by atoms with E-state index in [4.69, 9.17) is 0 Å². The van der Waals surface area contributed by atoms with Gasteiger partial charge in [0.25, 0.3) is 0 Å². The van der Waals surface area contributed by atoms with Gasteiger partial charge in [-0.2, -0.15) is 0 Å². The summed E-state index contributed by atoms with van der Waals surface area (Å²) in [6.07, 6.45) is 22.8. The van der Waals surface area contributed by atoms with E-state index in [0.717, 1.165) is 12.6 Å². The Labute approximate surface area is 147 Å². The van der Waals surface area contributed by atoms with Gasteiger partial charge in [-0.25, -0.2) is 0 Å². The number of ketones is 1. The van der Waals surface area contributed by atoms with Gasteiger partial charge in [-0.3, -0.25) is 4.79 Å². The second-order valence-corrected chi connectivity index (χ2v) is 9.48. The van der Waals surface area contributed by atoms with Crippen LogP contribution in [0.1, 0.15) is 97.3 Å². The lowest BCUT2D eigenvalue weighted by atomic mass is 10.1. The van der Waals surface area contributed by atoms with Crippen molar-refractivity contribution in [1.29, 1.82) is 0 Å². The first-order chi connectivity index (χ1) is 11.2. The molecule has 0 aliphatic heterocycles. The Hall–Kier alpha value is -0.160. The molecule has 23 heavy (non-hydrogen) atoms. The molecule has 0 aliphatic rings. The molecule has 0 fully saturated rings. The lowest BCUT2D eigenvalue weighted by Gasteiger charge is -2.17. The molecule has 0 bridgehead atoms. The highest BCUT2D eigenvalue weighted by atomic mass is 31.1. The van der Waals surface area contributed by atoms with Crippen molar-refractivity contribution in [3.05, 3.63) is 12.7 Å². The quantitative estimate of drug-likeness (QED) is 0.145. The Morgan fingerprint density at radius 3 is 1.61 bits per heavy atom. The summed E-state index contributed by atoms with van der Waals surface area (Å²) in [5.74, 6) is 0.239. The molecule has 0 heterocycles. The van der Waals surface area contributed by atoms with Crippen LogP contribution in [0.2, 0.25) is 0 Å². The van der Waals surface area contributed by atoms with E-state index < -0.39 is 0 Å². The summed E-state index contributed by atoms with van der Waals surface area (Å²) in [6.45, 7) is 8.15. The maximum Gasteiger partial charge on any atom is 0.155 e. The van der Waals surface area contributed by atoms with Crippen molar-refractivity contribution < 1.29 is 4.79 Å². The zero-order valence-electron chi connectivity index (χ0n) is 16.0. The van der Waals surface area contributed by atoms with Crippen LogP contribution in [0, 0.1) is 0 Å². The normalized spacial score (nSPS) is 11.1. The monoisotopic (exact) mass is 340 g/mol. The molecular formula is C21H41OP. The van der Waals surface area contributed by atoms with Crippen molar-refractivity contribution in [3.8, 4) is 0 Å².